The highest BCUT2D eigenvalue weighted by Crippen LogP contribution is 2.27. The highest BCUT2D eigenvalue weighted by atomic mass is 16.2. The maximum atomic E-state index is 12.9. The Labute approximate surface area is 158 Å². The molecule has 0 aliphatic carbocycles. The Balaban J connectivity index is 1.49. The van der Waals surface area contributed by atoms with Crippen LogP contribution in [0.5, 0.6) is 0 Å². The van der Waals surface area contributed by atoms with Crippen LogP contribution in [0.2, 0.25) is 0 Å². The van der Waals surface area contributed by atoms with E-state index < -0.39 is 0 Å². The minimum Gasteiger partial charge on any atom is -0.338 e. The molecule has 0 spiro atoms. The van der Waals surface area contributed by atoms with Crippen molar-refractivity contribution in [3.05, 3.63) is 66.3 Å². The summed E-state index contributed by atoms with van der Waals surface area (Å²) < 4.78 is 3.93. The van der Waals surface area contributed by atoms with E-state index in [0.717, 1.165) is 37.4 Å². The molecule has 1 atom stereocenters. The number of rotatable bonds is 5. The summed E-state index contributed by atoms with van der Waals surface area (Å²) >= 11 is 0. The Hall–Kier alpha value is -2.96. The van der Waals surface area contributed by atoms with Crippen molar-refractivity contribution in [3.8, 4) is 0 Å². The average Bonchev–Trinajstić information content (AvgIpc) is 3.38. The summed E-state index contributed by atoms with van der Waals surface area (Å²) in [5.41, 5.74) is 1.67. The Morgan fingerprint density at radius 2 is 2.19 bits per heavy atom. The van der Waals surface area contributed by atoms with Gasteiger partial charge in [0.15, 0.2) is 0 Å². The number of aryl methyl sites for hydroxylation is 1. The Morgan fingerprint density at radius 1 is 1.26 bits per heavy atom. The molecule has 1 aliphatic rings. The van der Waals surface area contributed by atoms with Crippen LogP contribution < -0.4 is 0 Å². The van der Waals surface area contributed by atoms with Crippen molar-refractivity contribution < 1.29 is 4.79 Å². The van der Waals surface area contributed by atoms with Crippen LogP contribution in [-0.4, -0.2) is 48.2 Å². The highest BCUT2D eigenvalue weighted by Gasteiger charge is 2.28. The first kappa shape index (κ1) is 17.5. The van der Waals surface area contributed by atoms with Crippen molar-refractivity contribution in [2.75, 3.05) is 13.1 Å². The third-order valence-electron chi connectivity index (χ3n) is 5.08. The number of hydrogen-bond donors (Lipinski definition) is 0. The minimum absolute atomic E-state index is 0.0576. The molecule has 27 heavy (non-hydrogen) atoms. The van der Waals surface area contributed by atoms with Crippen LogP contribution in [0.25, 0.3) is 0 Å². The van der Waals surface area contributed by atoms with Gasteiger partial charge < -0.3 is 9.47 Å². The first-order valence-corrected chi connectivity index (χ1v) is 9.47. The summed E-state index contributed by atoms with van der Waals surface area (Å²) in [5, 5.41) is 4.23. The fourth-order valence-electron chi connectivity index (χ4n) is 3.68. The number of carbonyl (C=O) groups excluding carboxylic acids is 1. The second kappa shape index (κ2) is 7.73. The van der Waals surface area contributed by atoms with Crippen LogP contribution in [0.4, 0.5) is 0 Å². The van der Waals surface area contributed by atoms with Gasteiger partial charge in [0.25, 0.3) is 5.91 Å². The van der Waals surface area contributed by atoms with Crippen LogP contribution >= 0.6 is 0 Å². The lowest BCUT2D eigenvalue weighted by Gasteiger charge is -2.32. The molecule has 1 aliphatic heterocycles. The van der Waals surface area contributed by atoms with Gasteiger partial charge in [-0.2, -0.15) is 5.10 Å². The third kappa shape index (κ3) is 3.77. The number of likely N-dealkylation sites (tertiary alicyclic amines) is 1. The van der Waals surface area contributed by atoms with Gasteiger partial charge in [0, 0.05) is 50.3 Å². The predicted molar refractivity (Wildman–Crippen MR) is 101 cm³/mol. The molecule has 4 heterocycles. The van der Waals surface area contributed by atoms with Gasteiger partial charge in [0.1, 0.15) is 5.82 Å². The number of pyridine rings is 1. The van der Waals surface area contributed by atoms with Crippen molar-refractivity contribution in [1.29, 1.82) is 0 Å². The van der Waals surface area contributed by atoms with Crippen LogP contribution in [0.3, 0.4) is 0 Å². The number of hydrogen-bond acceptors (Lipinski definition) is 4. The van der Waals surface area contributed by atoms with E-state index in [9.17, 15) is 4.79 Å². The Kier molecular flexibility index (Phi) is 5.00. The normalized spacial score (nSPS) is 17.2. The number of carbonyl (C=O) groups is 1. The summed E-state index contributed by atoms with van der Waals surface area (Å²) in [6, 6.07) is 5.94. The van der Waals surface area contributed by atoms with E-state index in [1.54, 1.807) is 10.9 Å². The summed E-state index contributed by atoms with van der Waals surface area (Å²) in [4.78, 5) is 23.8. The molecule has 1 saturated heterocycles. The number of amides is 1. The summed E-state index contributed by atoms with van der Waals surface area (Å²) in [6.45, 7) is 4.95. The van der Waals surface area contributed by atoms with E-state index in [1.165, 1.54) is 0 Å². The molecule has 1 fully saturated rings. The van der Waals surface area contributed by atoms with Gasteiger partial charge in [-0.3, -0.25) is 14.5 Å². The molecule has 3 aromatic rings. The molecule has 0 aromatic carbocycles. The average molecular weight is 364 g/mol. The number of aromatic nitrogens is 5. The van der Waals surface area contributed by atoms with Gasteiger partial charge in [-0.25, -0.2) is 4.98 Å². The molecule has 0 N–H and O–H groups in total. The van der Waals surface area contributed by atoms with Crippen molar-refractivity contribution in [2.24, 2.45) is 0 Å². The smallest absolute Gasteiger partial charge is 0.257 e. The zero-order valence-corrected chi connectivity index (χ0v) is 15.5. The zero-order valence-electron chi connectivity index (χ0n) is 15.5. The van der Waals surface area contributed by atoms with Gasteiger partial charge in [-0.15, -0.1) is 0 Å². The van der Waals surface area contributed by atoms with Crippen molar-refractivity contribution in [2.45, 2.75) is 38.8 Å². The second-order valence-electron chi connectivity index (χ2n) is 6.91. The molecule has 4 rings (SSSR count). The monoisotopic (exact) mass is 364 g/mol. The zero-order chi connectivity index (χ0) is 18.6. The molecule has 0 radical (unpaired) electrons. The fourth-order valence-corrected chi connectivity index (χ4v) is 3.68. The van der Waals surface area contributed by atoms with Crippen LogP contribution in [0, 0.1) is 0 Å². The SMILES string of the molecule is CCn1cc(C(=O)N2CCC[C@@H](c3nccn3Cc3ccccn3)C2)cn1. The largest absolute Gasteiger partial charge is 0.338 e. The molecule has 3 aromatic heterocycles. The van der Waals surface area contributed by atoms with Crippen LogP contribution in [0.1, 0.15) is 47.6 Å². The van der Waals surface area contributed by atoms with Gasteiger partial charge in [-0.05, 0) is 31.9 Å². The molecule has 7 nitrogen and oxygen atoms in total. The van der Waals surface area contributed by atoms with Crippen LogP contribution in [0.15, 0.2) is 49.2 Å². The molecule has 140 valence electrons. The number of imidazole rings is 1. The molecular weight excluding hydrogens is 340 g/mol. The van der Waals surface area contributed by atoms with Gasteiger partial charge in [-0.1, -0.05) is 6.07 Å². The quantitative estimate of drug-likeness (QED) is 0.698. The molecule has 0 unspecified atom stereocenters. The lowest BCUT2D eigenvalue weighted by atomic mass is 9.96. The van der Waals surface area contributed by atoms with E-state index in [4.69, 9.17) is 0 Å². The van der Waals surface area contributed by atoms with E-state index in [-0.39, 0.29) is 11.8 Å². The number of piperidine rings is 1. The summed E-state index contributed by atoms with van der Waals surface area (Å²) in [7, 11) is 0. The lowest BCUT2D eigenvalue weighted by molar-refractivity contribution is 0.0703. The van der Waals surface area contributed by atoms with Crippen molar-refractivity contribution in [1.82, 2.24) is 29.2 Å². The molecule has 0 bridgehead atoms. The topological polar surface area (TPSA) is 68.8 Å². The lowest BCUT2D eigenvalue weighted by Crippen LogP contribution is -2.39. The standard InChI is InChI=1S/C20H24N6O/c1-2-26-14-17(12-23-26)20(27)25-10-5-6-16(13-25)19-22-9-11-24(19)15-18-7-3-4-8-21-18/h3-4,7-9,11-12,14,16H,2,5-6,10,13,15H2,1H3/t16-/m1/s1. The summed E-state index contributed by atoms with van der Waals surface area (Å²) in [6.07, 6.45) is 11.2. The second-order valence-corrected chi connectivity index (χ2v) is 6.91. The number of nitrogens with zero attached hydrogens (tertiary/aromatic N) is 6. The Bertz CT molecular complexity index is 900. The van der Waals surface area contributed by atoms with E-state index >= 15 is 0 Å². The van der Waals surface area contributed by atoms with Gasteiger partial charge in [0.05, 0.1) is 24.0 Å². The predicted octanol–water partition coefficient (Wildman–Crippen LogP) is 2.56. The highest BCUT2D eigenvalue weighted by molar-refractivity contribution is 5.93. The third-order valence-corrected chi connectivity index (χ3v) is 5.08. The molecular formula is C20H24N6O. The van der Waals surface area contributed by atoms with Gasteiger partial charge >= 0.3 is 0 Å². The fraction of sp³-hybridized carbons (Fsp3) is 0.400. The molecule has 1 amide bonds. The van der Waals surface area contributed by atoms with E-state index in [1.807, 2.05) is 54.8 Å². The van der Waals surface area contributed by atoms with E-state index in [0.29, 0.717) is 18.7 Å². The maximum absolute atomic E-state index is 12.9. The Morgan fingerprint density at radius 3 is 2.96 bits per heavy atom. The van der Waals surface area contributed by atoms with Crippen molar-refractivity contribution >= 4 is 5.91 Å². The van der Waals surface area contributed by atoms with Gasteiger partial charge in [0.2, 0.25) is 0 Å². The summed E-state index contributed by atoms with van der Waals surface area (Å²) in [5.74, 6) is 1.33. The molecule has 0 saturated carbocycles. The molecule has 7 heteroatoms. The minimum atomic E-state index is 0.0576. The maximum Gasteiger partial charge on any atom is 0.257 e. The van der Waals surface area contributed by atoms with E-state index in [2.05, 4.69) is 19.6 Å². The van der Waals surface area contributed by atoms with Crippen molar-refractivity contribution in [3.63, 3.8) is 0 Å². The van der Waals surface area contributed by atoms with Crippen LogP contribution in [-0.2, 0) is 13.1 Å². The first-order chi connectivity index (χ1) is 13.2. The first-order valence-electron chi connectivity index (χ1n) is 9.47.